The maximum absolute atomic E-state index is 11.0. The number of rotatable bonds is 4. The predicted octanol–water partition coefficient (Wildman–Crippen LogP) is 3.70. The minimum atomic E-state index is -0.383. The van der Waals surface area contributed by atoms with Crippen LogP contribution in [0.3, 0.4) is 0 Å². The summed E-state index contributed by atoms with van der Waals surface area (Å²) in [5.41, 5.74) is 1.72. The lowest BCUT2D eigenvalue weighted by Gasteiger charge is -2.09. The third-order valence-electron chi connectivity index (χ3n) is 2.91. The maximum Gasteiger partial charge on any atom is 0.278 e. The van der Waals surface area contributed by atoms with Crippen LogP contribution in [0, 0.1) is 10.1 Å². The SMILES string of the molecule is CCC(Cl)Cc1ccc([N+](=O)[O-])c2cccnc12. The summed E-state index contributed by atoms with van der Waals surface area (Å²) < 4.78 is 0. The fraction of sp³-hybridized carbons (Fsp3) is 0.308. The molecule has 5 heteroatoms. The van der Waals surface area contributed by atoms with E-state index in [0.29, 0.717) is 17.3 Å². The molecule has 1 atom stereocenters. The van der Waals surface area contributed by atoms with Crippen LogP contribution in [0.25, 0.3) is 10.9 Å². The molecule has 2 rings (SSSR count). The van der Waals surface area contributed by atoms with Crippen LogP contribution in [-0.4, -0.2) is 15.3 Å². The summed E-state index contributed by atoms with van der Waals surface area (Å²) in [5.74, 6) is 0. The zero-order valence-corrected chi connectivity index (χ0v) is 10.7. The quantitative estimate of drug-likeness (QED) is 0.481. The van der Waals surface area contributed by atoms with E-state index in [4.69, 9.17) is 11.6 Å². The molecule has 0 aliphatic heterocycles. The van der Waals surface area contributed by atoms with E-state index in [1.807, 2.05) is 6.92 Å². The van der Waals surface area contributed by atoms with E-state index in [0.717, 1.165) is 12.0 Å². The molecule has 1 aromatic carbocycles. The number of pyridine rings is 1. The van der Waals surface area contributed by atoms with Crippen molar-refractivity contribution in [3.05, 3.63) is 46.1 Å². The molecule has 0 aliphatic carbocycles. The van der Waals surface area contributed by atoms with Gasteiger partial charge in [-0.15, -0.1) is 11.6 Å². The van der Waals surface area contributed by atoms with Crippen LogP contribution < -0.4 is 0 Å². The number of alkyl halides is 1. The highest BCUT2D eigenvalue weighted by Crippen LogP contribution is 2.28. The largest absolute Gasteiger partial charge is 0.278 e. The maximum atomic E-state index is 11.0. The van der Waals surface area contributed by atoms with Crippen LogP contribution in [0.1, 0.15) is 18.9 Å². The Kier molecular flexibility index (Phi) is 3.77. The average Bonchev–Trinajstić information content (AvgIpc) is 2.38. The highest BCUT2D eigenvalue weighted by atomic mass is 35.5. The Morgan fingerprint density at radius 2 is 2.22 bits per heavy atom. The number of fused-ring (bicyclic) bond motifs is 1. The lowest BCUT2D eigenvalue weighted by molar-refractivity contribution is -0.383. The first-order chi connectivity index (χ1) is 8.63. The number of aromatic nitrogens is 1. The first kappa shape index (κ1) is 12.8. The van der Waals surface area contributed by atoms with Crippen LogP contribution in [0.2, 0.25) is 0 Å². The molecule has 0 radical (unpaired) electrons. The van der Waals surface area contributed by atoms with Gasteiger partial charge in [0.25, 0.3) is 5.69 Å². The van der Waals surface area contributed by atoms with Gasteiger partial charge in [0.05, 0.1) is 15.8 Å². The molecule has 2 aromatic rings. The van der Waals surface area contributed by atoms with Gasteiger partial charge in [0.2, 0.25) is 0 Å². The van der Waals surface area contributed by atoms with Crippen LogP contribution in [0.5, 0.6) is 0 Å². The fourth-order valence-electron chi connectivity index (χ4n) is 1.92. The van der Waals surface area contributed by atoms with Crippen molar-refractivity contribution in [2.75, 3.05) is 0 Å². The number of non-ortho nitro benzene ring substituents is 1. The smallest absolute Gasteiger partial charge is 0.258 e. The molecule has 0 spiro atoms. The van der Waals surface area contributed by atoms with Gasteiger partial charge in [-0.3, -0.25) is 15.1 Å². The van der Waals surface area contributed by atoms with Crippen molar-refractivity contribution in [2.45, 2.75) is 25.1 Å². The Hall–Kier alpha value is -1.68. The monoisotopic (exact) mass is 264 g/mol. The molecule has 0 amide bonds. The standard InChI is InChI=1S/C13H13ClN2O2/c1-2-10(14)8-9-5-6-12(16(17)18)11-4-3-7-15-13(9)11/h3-7,10H,2,8H2,1H3. The van der Waals surface area contributed by atoms with Crippen molar-refractivity contribution in [3.63, 3.8) is 0 Å². The van der Waals surface area contributed by atoms with Gasteiger partial charge in [-0.05, 0) is 36.6 Å². The van der Waals surface area contributed by atoms with Gasteiger partial charge in [0, 0.05) is 17.6 Å². The van der Waals surface area contributed by atoms with E-state index in [1.54, 1.807) is 24.4 Å². The number of hydrogen-bond acceptors (Lipinski definition) is 3. The topological polar surface area (TPSA) is 56.0 Å². The summed E-state index contributed by atoms with van der Waals surface area (Å²) in [7, 11) is 0. The molecule has 94 valence electrons. The first-order valence-electron chi connectivity index (χ1n) is 5.78. The van der Waals surface area contributed by atoms with Gasteiger partial charge in [-0.25, -0.2) is 0 Å². The second-order valence-corrected chi connectivity index (χ2v) is 4.73. The van der Waals surface area contributed by atoms with Crippen LogP contribution in [-0.2, 0) is 6.42 Å². The van der Waals surface area contributed by atoms with Gasteiger partial charge in [0.15, 0.2) is 0 Å². The summed E-state index contributed by atoms with van der Waals surface area (Å²) in [5, 5.41) is 11.6. The van der Waals surface area contributed by atoms with Crippen molar-refractivity contribution in [1.82, 2.24) is 4.98 Å². The molecular weight excluding hydrogens is 252 g/mol. The van der Waals surface area contributed by atoms with Gasteiger partial charge in [0.1, 0.15) is 0 Å². The van der Waals surface area contributed by atoms with Crippen molar-refractivity contribution < 1.29 is 4.92 Å². The number of hydrogen-bond donors (Lipinski definition) is 0. The molecule has 0 saturated heterocycles. The summed E-state index contributed by atoms with van der Waals surface area (Å²) in [6.07, 6.45) is 3.17. The third kappa shape index (κ3) is 2.43. The lowest BCUT2D eigenvalue weighted by atomic mass is 10.0. The highest BCUT2D eigenvalue weighted by molar-refractivity contribution is 6.20. The number of nitro groups is 1. The highest BCUT2D eigenvalue weighted by Gasteiger charge is 2.16. The van der Waals surface area contributed by atoms with Crippen molar-refractivity contribution in [1.29, 1.82) is 0 Å². The van der Waals surface area contributed by atoms with Crippen LogP contribution in [0.15, 0.2) is 30.5 Å². The summed E-state index contributed by atoms with van der Waals surface area (Å²) >= 11 is 6.14. The van der Waals surface area contributed by atoms with Crippen LogP contribution >= 0.6 is 11.6 Å². The van der Waals surface area contributed by atoms with Crippen molar-refractivity contribution >= 4 is 28.2 Å². The zero-order chi connectivity index (χ0) is 13.1. The van der Waals surface area contributed by atoms with E-state index < -0.39 is 0 Å². The molecule has 1 heterocycles. The molecule has 4 nitrogen and oxygen atoms in total. The van der Waals surface area contributed by atoms with E-state index in [9.17, 15) is 10.1 Å². The minimum absolute atomic E-state index is 0.0247. The average molecular weight is 265 g/mol. The lowest BCUT2D eigenvalue weighted by Crippen LogP contribution is -2.03. The summed E-state index contributed by atoms with van der Waals surface area (Å²) in [4.78, 5) is 14.8. The number of halogens is 1. The summed E-state index contributed by atoms with van der Waals surface area (Å²) in [6, 6.07) is 6.70. The molecular formula is C13H13ClN2O2. The van der Waals surface area contributed by atoms with Gasteiger partial charge in [-0.1, -0.05) is 6.92 Å². The Morgan fingerprint density at radius 3 is 2.89 bits per heavy atom. The van der Waals surface area contributed by atoms with Crippen LogP contribution in [0.4, 0.5) is 5.69 Å². The second-order valence-electron chi connectivity index (χ2n) is 4.11. The molecule has 0 bridgehead atoms. The van der Waals surface area contributed by atoms with E-state index in [-0.39, 0.29) is 16.0 Å². The minimum Gasteiger partial charge on any atom is -0.258 e. The molecule has 0 saturated carbocycles. The Labute approximate surface area is 110 Å². The normalized spacial score (nSPS) is 12.6. The molecule has 1 aromatic heterocycles. The fourth-order valence-corrected chi connectivity index (χ4v) is 2.09. The third-order valence-corrected chi connectivity index (χ3v) is 3.37. The molecule has 0 aliphatic rings. The van der Waals surface area contributed by atoms with E-state index in [1.165, 1.54) is 6.07 Å². The van der Waals surface area contributed by atoms with Gasteiger partial charge in [-0.2, -0.15) is 0 Å². The van der Waals surface area contributed by atoms with Crippen molar-refractivity contribution in [3.8, 4) is 0 Å². The molecule has 0 fully saturated rings. The Balaban J connectivity index is 2.57. The molecule has 1 unspecified atom stereocenters. The van der Waals surface area contributed by atoms with Gasteiger partial charge >= 0.3 is 0 Å². The Bertz CT molecular complexity index is 586. The van der Waals surface area contributed by atoms with E-state index >= 15 is 0 Å². The molecule has 18 heavy (non-hydrogen) atoms. The number of nitrogens with zero attached hydrogens (tertiary/aromatic N) is 2. The predicted molar refractivity (Wildman–Crippen MR) is 72.0 cm³/mol. The molecule has 0 N–H and O–H groups in total. The van der Waals surface area contributed by atoms with Crippen molar-refractivity contribution in [2.24, 2.45) is 0 Å². The number of nitro benzene ring substituents is 1. The number of benzene rings is 1. The van der Waals surface area contributed by atoms with E-state index in [2.05, 4.69) is 4.98 Å². The zero-order valence-electron chi connectivity index (χ0n) is 9.97. The first-order valence-corrected chi connectivity index (χ1v) is 6.22. The Morgan fingerprint density at radius 1 is 1.44 bits per heavy atom. The van der Waals surface area contributed by atoms with Gasteiger partial charge < -0.3 is 0 Å². The summed E-state index contributed by atoms with van der Waals surface area (Å²) in [6.45, 7) is 2.01. The second kappa shape index (κ2) is 5.31.